The maximum atomic E-state index is 12.1. The second kappa shape index (κ2) is 7.74. The number of halogens is 3. The molecule has 4 nitrogen and oxygen atoms in total. The molecule has 0 bridgehead atoms. The maximum absolute atomic E-state index is 12.1. The highest BCUT2D eigenvalue weighted by Crippen LogP contribution is 2.15. The lowest BCUT2D eigenvalue weighted by Gasteiger charge is -2.17. The van der Waals surface area contributed by atoms with E-state index in [1.165, 1.54) is 11.9 Å². The fourth-order valence-corrected chi connectivity index (χ4v) is 1.63. The predicted octanol–water partition coefficient (Wildman–Crippen LogP) is 2.30. The zero-order valence-electron chi connectivity index (χ0n) is 11.3. The number of aliphatic imine (C=N–C) groups is 1. The molecule has 0 spiro atoms. The minimum atomic E-state index is -4.16. The van der Waals surface area contributed by atoms with E-state index in [4.69, 9.17) is 5.73 Å². The van der Waals surface area contributed by atoms with Gasteiger partial charge in [-0.15, -0.1) is 0 Å². The van der Waals surface area contributed by atoms with Gasteiger partial charge in [-0.2, -0.15) is 13.2 Å². The van der Waals surface area contributed by atoms with Crippen LogP contribution in [-0.2, 0) is 0 Å². The van der Waals surface area contributed by atoms with Crippen molar-refractivity contribution in [3.05, 3.63) is 30.3 Å². The van der Waals surface area contributed by atoms with Crippen LogP contribution < -0.4 is 11.1 Å². The predicted molar refractivity (Wildman–Crippen MR) is 74.7 cm³/mol. The maximum Gasteiger partial charge on any atom is 0.401 e. The second-order valence-electron chi connectivity index (χ2n) is 4.46. The highest BCUT2D eigenvalue weighted by atomic mass is 19.4. The molecule has 0 heterocycles. The van der Waals surface area contributed by atoms with E-state index in [0.717, 1.165) is 5.69 Å². The fraction of sp³-hybridized carbons (Fsp3) is 0.462. The molecule has 0 fully saturated rings. The Morgan fingerprint density at radius 3 is 2.55 bits per heavy atom. The average molecular weight is 288 g/mol. The summed E-state index contributed by atoms with van der Waals surface area (Å²) >= 11 is 0. The van der Waals surface area contributed by atoms with Gasteiger partial charge in [0.1, 0.15) is 0 Å². The molecule has 0 saturated carbocycles. The Hall–Kier alpha value is -1.76. The van der Waals surface area contributed by atoms with Gasteiger partial charge >= 0.3 is 6.18 Å². The van der Waals surface area contributed by atoms with Gasteiger partial charge in [0.2, 0.25) is 0 Å². The molecule has 1 rings (SSSR count). The number of guanidine groups is 1. The molecule has 1 aromatic rings. The van der Waals surface area contributed by atoms with Crippen LogP contribution >= 0.6 is 0 Å². The second-order valence-corrected chi connectivity index (χ2v) is 4.46. The monoisotopic (exact) mass is 288 g/mol. The topological polar surface area (TPSA) is 53.6 Å². The first-order valence-corrected chi connectivity index (χ1v) is 6.24. The first-order valence-electron chi connectivity index (χ1n) is 6.24. The third-order valence-corrected chi connectivity index (χ3v) is 2.48. The van der Waals surface area contributed by atoms with Gasteiger partial charge in [-0.25, -0.2) is 0 Å². The molecule has 0 aliphatic rings. The van der Waals surface area contributed by atoms with Crippen LogP contribution in [0.3, 0.4) is 0 Å². The fourth-order valence-electron chi connectivity index (χ4n) is 1.63. The summed E-state index contributed by atoms with van der Waals surface area (Å²) in [5.41, 5.74) is 6.49. The van der Waals surface area contributed by atoms with Crippen molar-refractivity contribution in [3.8, 4) is 0 Å². The Labute approximate surface area is 116 Å². The van der Waals surface area contributed by atoms with Gasteiger partial charge in [-0.05, 0) is 32.1 Å². The number of nitrogens with two attached hydrogens (primary N) is 1. The van der Waals surface area contributed by atoms with Crippen molar-refractivity contribution < 1.29 is 13.2 Å². The van der Waals surface area contributed by atoms with Gasteiger partial charge < -0.3 is 11.1 Å². The Balaban J connectivity index is 2.24. The summed E-state index contributed by atoms with van der Waals surface area (Å²) in [5, 5.41) is 2.90. The summed E-state index contributed by atoms with van der Waals surface area (Å²) < 4.78 is 36.3. The molecule has 0 amide bonds. The van der Waals surface area contributed by atoms with Crippen molar-refractivity contribution >= 4 is 11.6 Å². The number of hydrogen-bond acceptors (Lipinski definition) is 2. The Bertz CT molecular complexity index is 417. The number of nitrogens with zero attached hydrogens (tertiary/aromatic N) is 2. The summed E-state index contributed by atoms with van der Waals surface area (Å²) in [6.45, 7) is -0.204. The lowest BCUT2D eigenvalue weighted by Crippen LogP contribution is -2.32. The van der Waals surface area contributed by atoms with Crippen LogP contribution in [0.4, 0.5) is 18.9 Å². The zero-order chi connectivity index (χ0) is 15.0. The van der Waals surface area contributed by atoms with Crippen LogP contribution in [-0.4, -0.2) is 43.7 Å². The molecule has 0 aliphatic heterocycles. The van der Waals surface area contributed by atoms with Gasteiger partial charge in [-0.3, -0.25) is 9.89 Å². The van der Waals surface area contributed by atoms with Crippen LogP contribution in [0.15, 0.2) is 35.3 Å². The standard InChI is InChI=1S/C13H19F3N4/c1-20(10-13(14,15)16)9-5-8-18-12(17)19-11-6-3-2-4-7-11/h2-4,6-7H,5,8-10H2,1H3,(H3,17,18,19). The molecule has 0 saturated heterocycles. The Kier molecular flexibility index (Phi) is 6.30. The number of rotatable bonds is 6. The lowest BCUT2D eigenvalue weighted by atomic mass is 10.3. The largest absolute Gasteiger partial charge is 0.401 e. The smallest absolute Gasteiger partial charge is 0.370 e. The highest BCUT2D eigenvalue weighted by Gasteiger charge is 2.28. The number of para-hydroxylation sites is 1. The minimum Gasteiger partial charge on any atom is -0.370 e. The zero-order valence-corrected chi connectivity index (χ0v) is 11.3. The van der Waals surface area contributed by atoms with Crippen molar-refractivity contribution in [1.82, 2.24) is 4.90 Å². The van der Waals surface area contributed by atoms with Gasteiger partial charge in [0.15, 0.2) is 5.96 Å². The summed E-state index contributed by atoms with van der Waals surface area (Å²) in [4.78, 5) is 5.28. The third-order valence-electron chi connectivity index (χ3n) is 2.48. The van der Waals surface area contributed by atoms with Crippen molar-refractivity contribution in [3.63, 3.8) is 0 Å². The number of hydrogen-bond donors (Lipinski definition) is 2. The molecule has 0 radical (unpaired) electrons. The molecular weight excluding hydrogens is 269 g/mol. The van der Waals surface area contributed by atoms with Crippen molar-refractivity contribution in [2.24, 2.45) is 10.7 Å². The number of anilines is 1. The number of alkyl halides is 3. The summed E-state index contributed by atoms with van der Waals surface area (Å²) in [6, 6.07) is 9.30. The summed E-state index contributed by atoms with van der Waals surface area (Å²) in [7, 11) is 1.43. The summed E-state index contributed by atoms with van der Waals surface area (Å²) in [6.07, 6.45) is -3.64. The summed E-state index contributed by atoms with van der Waals surface area (Å²) in [5.74, 6) is 0.259. The third kappa shape index (κ3) is 7.63. The molecule has 20 heavy (non-hydrogen) atoms. The number of benzene rings is 1. The van der Waals surface area contributed by atoms with Crippen molar-refractivity contribution in [2.45, 2.75) is 12.6 Å². The molecule has 0 unspecified atom stereocenters. The molecule has 1 aromatic carbocycles. The molecule has 3 N–H and O–H groups in total. The van der Waals surface area contributed by atoms with E-state index in [2.05, 4.69) is 10.3 Å². The molecule has 0 atom stereocenters. The van der Waals surface area contributed by atoms with E-state index in [9.17, 15) is 13.2 Å². The quantitative estimate of drug-likeness (QED) is 0.480. The van der Waals surface area contributed by atoms with Crippen LogP contribution in [0.5, 0.6) is 0 Å². The number of nitrogens with one attached hydrogen (secondary N) is 1. The molecule has 0 aromatic heterocycles. The van der Waals surface area contributed by atoms with Gasteiger partial charge in [0, 0.05) is 12.2 Å². The van der Waals surface area contributed by atoms with Crippen LogP contribution in [0.2, 0.25) is 0 Å². The van der Waals surface area contributed by atoms with E-state index in [1.54, 1.807) is 0 Å². The normalized spacial score (nSPS) is 12.8. The molecule has 7 heteroatoms. The van der Waals surface area contributed by atoms with E-state index >= 15 is 0 Å². The van der Waals surface area contributed by atoms with Crippen molar-refractivity contribution in [2.75, 3.05) is 32.0 Å². The van der Waals surface area contributed by atoms with Crippen LogP contribution in [0.25, 0.3) is 0 Å². The van der Waals surface area contributed by atoms with Crippen LogP contribution in [0.1, 0.15) is 6.42 Å². The van der Waals surface area contributed by atoms with Gasteiger partial charge in [0.05, 0.1) is 6.54 Å². The molecule has 0 aliphatic carbocycles. The van der Waals surface area contributed by atoms with Crippen molar-refractivity contribution in [1.29, 1.82) is 0 Å². The van der Waals surface area contributed by atoms with E-state index in [0.29, 0.717) is 19.5 Å². The average Bonchev–Trinajstić information content (AvgIpc) is 2.34. The first kappa shape index (κ1) is 16.3. The van der Waals surface area contributed by atoms with E-state index < -0.39 is 12.7 Å². The van der Waals surface area contributed by atoms with Gasteiger partial charge in [0.25, 0.3) is 0 Å². The first-order chi connectivity index (χ1) is 9.37. The minimum absolute atomic E-state index is 0.259. The van der Waals surface area contributed by atoms with E-state index in [1.807, 2.05) is 30.3 Å². The molecular formula is C13H19F3N4. The highest BCUT2D eigenvalue weighted by molar-refractivity contribution is 5.92. The van der Waals surface area contributed by atoms with Crippen LogP contribution in [0, 0.1) is 0 Å². The SMILES string of the molecule is CN(CCCN=C(N)Nc1ccccc1)CC(F)(F)F. The Morgan fingerprint density at radius 1 is 1.30 bits per heavy atom. The lowest BCUT2D eigenvalue weighted by molar-refractivity contribution is -0.143. The molecule has 112 valence electrons. The Morgan fingerprint density at radius 2 is 1.95 bits per heavy atom. The van der Waals surface area contributed by atoms with Gasteiger partial charge in [-0.1, -0.05) is 18.2 Å². The van der Waals surface area contributed by atoms with E-state index in [-0.39, 0.29) is 5.96 Å².